The smallest absolute Gasteiger partial charge is 0.323 e. The summed E-state index contributed by atoms with van der Waals surface area (Å²) in [5.74, 6) is -5.57. The number of nitrogens with one attached hydrogen (secondary N) is 1. The molecular formula is C13H13F3N2O3. The number of nitrogens with zero attached hydrogens (tertiary/aromatic N) is 1. The number of carboxylic acids is 1. The van der Waals surface area contributed by atoms with Crippen molar-refractivity contribution in [3.05, 3.63) is 29.6 Å². The lowest BCUT2D eigenvalue weighted by Crippen LogP contribution is -2.40. The molecule has 21 heavy (non-hydrogen) atoms. The molecule has 5 nitrogen and oxygen atoms in total. The van der Waals surface area contributed by atoms with Crippen molar-refractivity contribution in [3.8, 4) is 0 Å². The zero-order chi connectivity index (χ0) is 15.6. The van der Waals surface area contributed by atoms with Crippen LogP contribution in [-0.4, -0.2) is 35.1 Å². The topological polar surface area (TPSA) is 69.6 Å². The van der Waals surface area contributed by atoms with E-state index < -0.39 is 41.7 Å². The van der Waals surface area contributed by atoms with Gasteiger partial charge >= 0.3 is 12.0 Å². The van der Waals surface area contributed by atoms with Crippen molar-refractivity contribution < 1.29 is 27.9 Å². The zero-order valence-corrected chi connectivity index (χ0v) is 10.9. The summed E-state index contributed by atoms with van der Waals surface area (Å²) in [6, 6.07) is 0.687. The number of carboxylic acid groups (broad SMARTS) is 1. The second kappa shape index (κ2) is 6.02. The lowest BCUT2D eigenvalue weighted by atomic mass is 10.3. The van der Waals surface area contributed by atoms with Gasteiger partial charge in [-0.25, -0.2) is 18.0 Å². The van der Waals surface area contributed by atoms with Gasteiger partial charge in [-0.15, -0.1) is 0 Å². The monoisotopic (exact) mass is 302 g/mol. The van der Waals surface area contributed by atoms with Crippen LogP contribution >= 0.6 is 0 Å². The number of hydrogen-bond acceptors (Lipinski definition) is 2. The van der Waals surface area contributed by atoms with Crippen molar-refractivity contribution in [1.82, 2.24) is 4.90 Å². The van der Waals surface area contributed by atoms with Gasteiger partial charge in [0.15, 0.2) is 17.5 Å². The normalized spacial score (nSPS) is 13.9. The van der Waals surface area contributed by atoms with Crippen LogP contribution in [0.5, 0.6) is 0 Å². The number of urea groups is 1. The summed E-state index contributed by atoms with van der Waals surface area (Å²) in [6.45, 7) is -0.322. The van der Waals surface area contributed by atoms with Gasteiger partial charge < -0.3 is 15.3 Å². The summed E-state index contributed by atoms with van der Waals surface area (Å²) in [6.07, 6.45) is 1.78. The van der Waals surface area contributed by atoms with Gasteiger partial charge in [-0.3, -0.25) is 4.79 Å². The van der Waals surface area contributed by atoms with Crippen LogP contribution in [-0.2, 0) is 4.79 Å². The molecule has 1 aromatic carbocycles. The maximum absolute atomic E-state index is 13.5. The summed E-state index contributed by atoms with van der Waals surface area (Å²) < 4.78 is 39.3. The Kier molecular flexibility index (Phi) is 4.35. The van der Waals surface area contributed by atoms with Gasteiger partial charge in [0.2, 0.25) is 0 Å². The summed E-state index contributed by atoms with van der Waals surface area (Å²) in [5.41, 5.74) is -0.537. The molecule has 0 unspecified atom stereocenters. The van der Waals surface area contributed by atoms with Gasteiger partial charge in [0.05, 0.1) is 5.69 Å². The first-order valence-electron chi connectivity index (χ1n) is 6.29. The molecule has 0 saturated heterocycles. The van der Waals surface area contributed by atoms with Crippen LogP contribution in [0.15, 0.2) is 12.1 Å². The molecule has 1 aliphatic carbocycles. The van der Waals surface area contributed by atoms with Crippen molar-refractivity contribution in [2.24, 2.45) is 5.92 Å². The lowest BCUT2D eigenvalue weighted by molar-refractivity contribution is -0.137. The molecule has 0 spiro atoms. The molecule has 2 rings (SSSR count). The number of anilines is 1. The largest absolute Gasteiger partial charge is 0.480 e. The van der Waals surface area contributed by atoms with Gasteiger partial charge in [-0.1, -0.05) is 0 Å². The molecule has 1 fully saturated rings. The van der Waals surface area contributed by atoms with E-state index in [2.05, 4.69) is 5.32 Å². The first kappa shape index (κ1) is 15.1. The minimum atomic E-state index is -1.69. The quantitative estimate of drug-likeness (QED) is 0.821. The fourth-order valence-corrected chi connectivity index (χ4v) is 1.81. The first-order valence-corrected chi connectivity index (χ1v) is 6.29. The minimum Gasteiger partial charge on any atom is -0.480 e. The highest BCUT2D eigenvalue weighted by molar-refractivity contribution is 5.91. The molecule has 1 aromatic rings. The number of carbonyl (C=O) groups is 2. The van der Waals surface area contributed by atoms with Gasteiger partial charge in [-0.2, -0.15) is 0 Å². The van der Waals surface area contributed by atoms with Crippen molar-refractivity contribution in [2.45, 2.75) is 12.8 Å². The second-order valence-electron chi connectivity index (χ2n) is 4.87. The third-order valence-corrected chi connectivity index (χ3v) is 3.07. The van der Waals surface area contributed by atoms with Gasteiger partial charge in [0, 0.05) is 6.54 Å². The summed E-state index contributed by atoms with van der Waals surface area (Å²) >= 11 is 0. The van der Waals surface area contributed by atoms with E-state index in [-0.39, 0.29) is 12.5 Å². The molecule has 0 radical (unpaired) electrons. The molecule has 2 amide bonds. The third-order valence-electron chi connectivity index (χ3n) is 3.07. The highest BCUT2D eigenvalue weighted by atomic mass is 19.2. The Hall–Kier alpha value is -2.25. The predicted molar refractivity (Wildman–Crippen MR) is 67.3 cm³/mol. The van der Waals surface area contributed by atoms with E-state index in [0.717, 1.165) is 23.8 Å². The molecule has 0 heterocycles. The van der Waals surface area contributed by atoms with E-state index >= 15 is 0 Å². The molecule has 114 valence electrons. The fourth-order valence-electron chi connectivity index (χ4n) is 1.81. The maximum Gasteiger partial charge on any atom is 0.323 e. The number of amides is 2. The van der Waals surface area contributed by atoms with Gasteiger partial charge in [0.1, 0.15) is 6.54 Å². The highest BCUT2D eigenvalue weighted by Crippen LogP contribution is 2.30. The second-order valence-corrected chi connectivity index (χ2v) is 4.87. The van der Waals surface area contributed by atoms with E-state index in [1.807, 2.05) is 0 Å². The van der Waals surface area contributed by atoms with Crippen LogP contribution in [0.3, 0.4) is 0 Å². The average Bonchev–Trinajstić information content (AvgIpc) is 3.22. The molecule has 0 bridgehead atoms. The van der Waals surface area contributed by atoms with Gasteiger partial charge in [0.25, 0.3) is 0 Å². The van der Waals surface area contributed by atoms with Crippen LogP contribution in [0, 0.1) is 23.4 Å². The van der Waals surface area contributed by atoms with E-state index in [9.17, 15) is 22.8 Å². The minimum absolute atomic E-state index is 0.226. The average molecular weight is 302 g/mol. The molecular weight excluding hydrogens is 289 g/mol. The zero-order valence-electron chi connectivity index (χ0n) is 10.9. The van der Waals surface area contributed by atoms with Crippen LogP contribution in [0.25, 0.3) is 0 Å². The van der Waals surface area contributed by atoms with E-state index in [1.54, 1.807) is 0 Å². The molecule has 0 aromatic heterocycles. The molecule has 0 aliphatic heterocycles. The molecule has 1 aliphatic rings. The van der Waals surface area contributed by atoms with Crippen molar-refractivity contribution >= 4 is 17.7 Å². The number of carbonyl (C=O) groups excluding carboxylic acids is 1. The Morgan fingerprint density at radius 2 is 1.90 bits per heavy atom. The Labute approximate surface area is 118 Å². The number of rotatable bonds is 5. The summed E-state index contributed by atoms with van der Waals surface area (Å²) in [7, 11) is 0. The molecule has 2 N–H and O–H groups in total. The molecule has 1 saturated carbocycles. The lowest BCUT2D eigenvalue weighted by Gasteiger charge is -2.21. The predicted octanol–water partition coefficient (Wildman–Crippen LogP) is 2.43. The fraction of sp³-hybridized carbons (Fsp3) is 0.385. The maximum atomic E-state index is 13.5. The SMILES string of the molecule is O=C(O)CN(CC1CC1)C(=O)Nc1ccc(F)c(F)c1F. The Morgan fingerprint density at radius 3 is 2.48 bits per heavy atom. The number of aliphatic carboxylic acids is 1. The number of hydrogen-bond donors (Lipinski definition) is 2. The van der Waals surface area contributed by atoms with E-state index in [0.29, 0.717) is 6.07 Å². The van der Waals surface area contributed by atoms with Crippen LogP contribution in [0.2, 0.25) is 0 Å². The van der Waals surface area contributed by atoms with Crippen molar-refractivity contribution in [3.63, 3.8) is 0 Å². The molecule has 8 heteroatoms. The Morgan fingerprint density at radius 1 is 1.24 bits per heavy atom. The van der Waals surface area contributed by atoms with Crippen molar-refractivity contribution in [2.75, 3.05) is 18.4 Å². The summed E-state index contributed by atoms with van der Waals surface area (Å²) in [4.78, 5) is 23.7. The number of benzene rings is 1. The van der Waals surface area contributed by atoms with Crippen molar-refractivity contribution in [1.29, 1.82) is 0 Å². The van der Waals surface area contributed by atoms with Gasteiger partial charge in [-0.05, 0) is 30.9 Å². The summed E-state index contributed by atoms with van der Waals surface area (Å²) in [5, 5.41) is 10.8. The highest BCUT2D eigenvalue weighted by Gasteiger charge is 2.28. The molecule has 0 atom stereocenters. The standard InChI is InChI=1S/C13H13F3N2O3/c14-8-3-4-9(12(16)11(8)15)17-13(21)18(6-10(19)20)5-7-1-2-7/h3-4,7H,1-2,5-6H2,(H,17,21)(H,19,20). The Balaban J connectivity index is 2.10. The third kappa shape index (κ3) is 3.87. The number of halogens is 3. The van der Waals surface area contributed by atoms with Crippen LogP contribution in [0.1, 0.15) is 12.8 Å². The Bertz CT molecular complexity index is 576. The van der Waals surface area contributed by atoms with Crippen LogP contribution < -0.4 is 5.32 Å². The van der Waals surface area contributed by atoms with E-state index in [1.165, 1.54) is 0 Å². The van der Waals surface area contributed by atoms with Crippen LogP contribution in [0.4, 0.5) is 23.7 Å². The van der Waals surface area contributed by atoms with E-state index in [4.69, 9.17) is 5.11 Å². The first-order chi connectivity index (χ1) is 9.88.